The molecule has 0 fully saturated rings. The van der Waals surface area contributed by atoms with Crippen LogP contribution in [0.3, 0.4) is 0 Å². The third kappa shape index (κ3) is 3.83. The summed E-state index contributed by atoms with van der Waals surface area (Å²) in [5, 5.41) is 6.00. The molecule has 0 saturated heterocycles. The lowest BCUT2D eigenvalue weighted by Crippen LogP contribution is -2.13. The highest BCUT2D eigenvalue weighted by Crippen LogP contribution is 2.24. The molecule has 0 spiro atoms. The fourth-order valence-corrected chi connectivity index (χ4v) is 2.09. The molecule has 0 unspecified atom stereocenters. The number of nitrogens with zero attached hydrogens (tertiary/aromatic N) is 1. The van der Waals surface area contributed by atoms with Crippen LogP contribution in [0, 0.1) is 5.82 Å². The molecule has 0 radical (unpaired) electrons. The van der Waals surface area contributed by atoms with E-state index in [0.717, 1.165) is 6.07 Å². The van der Waals surface area contributed by atoms with E-state index in [4.69, 9.17) is 23.2 Å². The molecule has 21 heavy (non-hydrogen) atoms. The summed E-state index contributed by atoms with van der Waals surface area (Å²) in [5.41, 5.74) is 0.594. The second-order valence-corrected chi connectivity index (χ2v) is 4.98. The van der Waals surface area contributed by atoms with Crippen LogP contribution in [0.15, 0.2) is 30.5 Å². The topological polar surface area (TPSA) is 54.0 Å². The molecule has 0 aliphatic rings. The summed E-state index contributed by atoms with van der Waals surface area (Å²) in [7, 11) is 0. The summed E-state index contributed by atoms with van der Waals surface area (Å²) in [6, 6.07) is 5.22. The minimum atomic E-state index is -0.474. The fourth-order valence-electron chi connectivity index (χ4n) is 1.64. The van der Waals surface area contributed by atoms with Crippen LogP contribution in [-0.2, 0) is 0 Å². The first-order valence-corrected chi connectivity index (χ1v) is 6.92. The average Bonchev–Trinajstić information content (AvgIpc) is 2.44. The number of anilines is 2. The molecular weight excluding hydrogens is 316 g/mol. The first-order chi connectivity index (χ1) is 10.0. The van der Waals surface area contributed by atoms with Crippen molar-refractivity contribution in [3.8, 4) is 0 Å². The van der Waals surface area contributed by atoms with Crippen LogP contribution in [0.2, 0.25) is 10.0 Å². The third-order valence-corrected chi connectivity index (χ3v) is 3.23. The van der Waals surface area contributed by atoms with E-state index in [0.29, 0.717) is 23.1 Å². The van der Waals surface area contributed by atoms with Crippen LogP contribution in [0.1, 0.15) is 17.3 Å². The summed E-state index contributed by atoms with van der Waals surface area (Å²) in [5.74, 6) is -0.394. The van der Waals surface area contributed by atoms with Crippen molar-refractivity contribution in [2.45, 2.75) is 6.92 Å². The van der Waals surface area contributed by atoms with Gasteiger partial charge in [0.1, 0.15) is 11.6 Å². The molecule has 0 bridgehead atoms. The first kappa shape index (κ1) is 15.5. The Hall–Kier alpha value is -1.85. The third-order valence-electron chi connectivity index (χ3n) is 2.63. The minimum Gasteiger partial charge on any atom is -0.369 e. The van der Waals surface area contributed by atoms with Crippen molar-refractivity contribution in [2.24, 2.45) is 0 Å². The van der Waals surface area contributed by atoms with Gasteiger partial charge in [0.25, 0.3) is 5.91 Å². The number of nitrogens with one attached hydrogen (secondary N) is 2. The Morgan fingerprint density at radius 1 is 1.29 bits per heavy atom. The Morgan fingerprint density at radius 2 is 2.05 bits per heavy atom. The summed E-state index contributed by atoms with van der Waals surface area (Å²) < 4.78 is 12.9. The van der Waals surface area contributed by atoms with Gasteiger partial charge in [-0.1, -0.05) is 23.2 Å². The van der Waals surface area contributed by atoms with Crippen molar-refractivity contribution in [1.82, 2.24) is 4.98 Å². The lowest BCUT2D eigenvalue weighted by molar-refractivity contribution is 0.102. The molecule has 0 saturated carbocycles. The van der Waals surface area contributed by atoms with E-state index in [1.165, 1.54) is 24.4 Å². The number of carbonyl (C=O) groups is 1. The Kier molecular flexibility index (Phi) is 4.98. The maximum atomic E-state index is 12.9. The van der Waals surface area contributed by atoms with E-state index in [-0.39, 0.29) is 10.6 Å². The largest absolute Gasteiger partial charge is 0.369 e. The number of amides is 1. The molecule has 1 aromatic carbocycles. The minimum absolute atomic E-state index is 0.117. The van der Waals surface area contributed by atoms with Crippen molar-refractivity contribution >= 4 is 40.6 Å². The van der Waals surface area contributed by atoms with E-state index < -0.39 is 11.7 Å². The van der Waals surface area contributed by atoms with Gasteiger partial charge < -0.3 is 10.6 Å². The monoisotopic (exact) mass is 327 g/mol. The van der Waals surface area contributed by atoms with Gasteiger partial charge in [-0.2, -0.15) is 0 Å². The molecular formula is C14H12Cl2FN3O. The summed E-state index contributed by atoms with van der Waals surface area (Å²) in [4.78, 5) is 16.2. The van der Waals surface area contributed by atoms with Crippen molar-refractivity contribution in [3.63, 3.8) is 0 Å². The molecule has 1 aromatic heterocycles. The summed E-state index contributed by atoms with van der Waals surface area (Å²) in [6.45, 7) is 2.58. The van der Waals surface area contributed by atoms with E-state index >= 15 is 0 Å². The Morgan fingerprint density at radius 3 is 2.67 bits per heavy atom. The van der Waals surface area contributed by atoms with Gasteiger partial charge in [-0.05, 0) is 31.2 Å². The van der Waals surface area contributed by atoms with Crippen molar-refractivity contribution in [2.75, 3.05) is 17.2 Å². The smallest absolute Gasteiger partial charge is 0.257 e. The predicted molar refractivity (Wildman–Crippen MR) is 82.8 cm³/mol. The molecule has 0 aliphatic carbocycles. The van der Waals surface area contributed by atoms with Crippen molar-refractivity contribution in [3.05, 3.63) is 51.9 Å². The lowest BCUT2D eigenvalue weighted by Gasteiger charge is -2.09. The zero-order valence-electron chi connectivity index (χ0n) is 11.1. The lowest BCUT2D eigenvalue weighted by atomic mass is 10.2. The van der Waals surface area contributed by atoms with Crippen molar-refractivity contribution in [1.29, 1.82) is 0 Å². The number of pyridine rings is 1. The molecule has 1 amide bonds. The quantitative estimate of drug-likeness (QED) is 0.884. The van der Waals surface area contributed by atoms with Gasteiger partial charge in [0.05, 0.1) is 21.3 Å². The van der Waals surface area contributed by atoms with Gasteiger partial charge in [0.2, 0.25) is 0 Å². The van der Waals surface area contributed by atoms with Crippen molar-refractivity contribution < 1.29 is 9.18 Å². The Balaban J connectivity index is 2.18. The molecule has 7 heteroatoms. The number of benzene rings is 1. The summed E-state index contributed by atoms with van der Waals surface area (Å²) >= 11 is 11.9. The van der Waals surface area contributed by atoms with Gasteiger partial charge in [0, 0.05) is 12.7 Å². The molecule has 0 atom stereocenters. The molecule has 4 nitrogen and oxygen atoms in total. The molecule has 1 heterocycles. The van der Waals surface area contributed by atoms with E-state index in [2.05, 4.69) is 15.6 Å². The van der Waals surface area contributed by atoms with Crippen LogP contribution in [0.5, 0.6) is 0 Å². The zero-order chi connectivity index (χ0) is 15.4. The van der Waals surface area contributed by atoms with Crippen LogP contribution in [-0.4, -0.2) is 17.4 Å². The van der Waals surface area contributed by atoms with Gasteiger partial charge in [0.15, 0.2) is 0 Å². The molecule has 0 aliphatic heterocycles. The zero-order valence-corrected chi connectivity index (χ0v) is 12.6. The first-order valence-electron chi connectivity index (χ1n) is 6.17. The number of hydrogen-bond acceptors (Lipinski definition) is 3. The Labute approximate surface area is 131 Å². The van der Waals surface area contributed by atoms with Gasteiger partial charge in [-0.15, -0.1) is 0 Å². The van der Waals surface area contributed by atoms with E-state index in [1.54, 1.807) is 0 Å². The second-order valence-electron chi connectivity index (χ2n) is 4.16. The number of aromatic nitrogens is 1. The highest BCUT2D eigenvalue weighted by Gasteiger charge is 2.12. The number of rotatable bonds is 4. The molecule has 2 aromatic rings. The van der Waals surface area contributed by atoms with E-state index in [1.807, 2.05) is 6.92 Å². The van der Waals surface area contributed by atoms with Gasteiger partial charge >= 0.3 is 0 Å². The SMILES string of the molecule is CCNc1ncc(C(=O)Nc2ccc(F)cc2Cl)cc1Cl. The molecule has 110 valence electrons. The van der Waals surface area contributed by atoms with Gasteiger partial charge in [-0.25, -0.2) is 9.37 Å². The van der Waals surface area contributed by atoms with Crippen LogP contribution >= 0.6 is 23.2 Å². The average molecular weight is 328 g/mol. The van der Waals surface area contributed by atoms with Crippen LogP contribution < -0.4 is 10.6 Å². The number of hydrogen-bond donors (Lipinski definition) is 2. The van der Waals surface area contributed by atoms with Crippen LogP contribution in [0.4, 0.5) is 15.9 Å². The normalized spacial score (nSPS) is 10.3. The highest BCUT2D eigenvalue weighted by molar-refractivity contribution is 6.34. The maximum Gasteiger partial charge on any atom is 0.257 e. The van der Waals surface area contributed by atoms with E-state index in [9.17, 15) is 9.18 Å². The molecule has 2 N–H and O–H groups in total. The van der Waals surface area contributed by atoms with Crippen LogP contribution in [0.25, 0.3) is 0 Å². The maximum absolute atomic E-state index is 12.9. The highest BCUT2D eigenvalue weighted by atomic mass is 35.5. The number of carbonyl (C=O) groups excluding carboxylic acids is 1. The second kappa shape index (κ2) is 6.74. The standard InChI is InChI=1S/C14H12Cl2FN3O/c1-2-18-13-11(16)5-8(7-19-13)14(21)20-12-4-3-9(17)6-10(12)15/h3-7H,2H2,1H3,(H,18,19)(H,20,21). The predicted octanol–water partition coefficient (Wildman–Crippen LogP) is 4.21. The molecule has 2 rings (SSSR count). The summed E-state index contributed by atoms with van der Waals surface area (Å²) in [6.07, 6.45) is 1.40. The Bertz CT molecular complexity index is 679. The number of halogens is 3. The van der Waals surface area contributed by atoms with Gasteiger partial charge in [-0.3, -0.25) is 4.79 Å². The fraction of sp³-hybridized carbons (Fsp3) is 0.143.